The van der Waals surface area contributed by atoms with Crippen LogP contribution in [0.3, 0.4) is 0 Å². The van der Waals surface area contributed by atoms with Gasteiger partial charge in [-0.1, -0.05) is 62.6 Å². The van der Waals surface area contributed by atoms with Gasteiger partial charge in [0.15, 0.2) is 5.84 Å². The molecule has 2 aliphatic rings. The molecule has 0 radical (unpaired) electrons. The highest BCUT2D eigenvalue weighted by Crippen LogP contribution is 2.40. The maximum absolute atomic E-state index is 13.5. The van der Waals surface area contributed by atoms with Crippen LogP contribution < -0.4 is 17.1 Å². The Morgan fingerprint density at radius 3 is 2.51 bits per heavy atom. The molecule has 1 saturated carbocycles. The maximum atomic E-state index is 13.5. The van der Waals surface area contributed by atoms with Crippen LogP contribution in [-0.4, -0.2) is 33.0 Å². The number of aliphatic imine (C=N–C) groups is 1. The summed E-state index contributed by atoms with van der Waals surface area (Å²) in [6.45, 7) is 4.68. The van der Waals surface area contributed by atoms with Gasteiger partial charge in [-0.05, 0) is 67.1 Å². The van der Waals surface area contributed by atoms with E-state index in [9.17, 15) is 4.79 Å². The number of carbonyl (C=O) groups is 1. The van der Waals surface area contributed by atoms with Crippen molar-refractivity contribution in [2.24, 2.45) is 21.7 Å². The summed E-state index contributed by atoms with van der Waals surface area (Å²) in [5, 5.41) is 4.01. The molecular formula is C31H37N7O. The number of pyridine rings is 1. The average Bonchev–Trinajstić information content (AvgIpc) is 3.53. The fraction of sp³-hybridized carbons (Fsp3) is 0.355. The van der Waals surface area contributed by atoms with Crippen LogP contribution in [0.4, 0.5) is 0 Å². The van der Waals surface area contributed by atoms with E-state index in [4.69, 9.17) is 16.6 Å². The predicted octanol–water partition coefficient (Wildman–Crippen LogP) is 5.05. The molecule has 2 heterocycles. The van der Waals surface area contributed by atoms with Crippen molar-refractivity contribution in [3.05, 3.63) is 77.5 Å². The molecule has 1 fully saturated rings. The Morgan fingerprint density at radius 1 is 1.08 bits per heavy atom. The molecule has 8 nitrogen and oxygen atoms in total. The topological polar surface area (TPSA) is 122 Å². The highest BCUT2D eigenvalue weighted by atomic mass is 16.2. The second kappa shape index (κ2) is 11.4. The zero-order chi connectivity index (χ0) is 27.4. The Hall–Kier alpha value is -4.04. The van der Waals surface area contributed by atoms with Crippen molar-refractivity contribution >= 4 is 17.6 Å². The third-order valence-corrected chi connectivity index (χ3v) is 7.75. The molecule has 1 spiro atoms. The van der Waals surface area contributed by atoms with E-state index >= 15 is 0 Å². The number of nitrogens with two attached hydrogens (primary N) is 2. The lowest BCUT2D eigenvalue weighted by Gasteiger charge is -2.23. The predicted molar refractivity (Wildman–Crippen MR) is 157 cm³/mol. The number of aryl methyl sites for hydroxylation is 1. The van der Waals surface area contributed by atoms with E-state index in [1.165, 1.54) is 0 Å². The van der Waals surface area contributed by atoms with Crippen LogP contribution in [0, 0.1) is 6.92 Å². The van der Waals surface area contributed by atoms with Gasteiger partial charge in [-0.3, -0.25) is 19.7 Å². The van der Waals surface area contributed by atoms with E-state index in [0.29, 0.717) is 12.4 Å². The van der Waals surface area contributed by atoms with Gasteiger partial charge in [0, 0.05) is 23.2 Å². The number of hydrogen-bond donors (Lipinski definition) is 3. The Balaban J connectivity index is 1.45. The van der Waals surface area contributed by atoms with Crippen LogP contribution >= 0.6 is 0 Å². The molecule has 5 N–H and O–H groups in total. The van der Waals surface area contributed by atoms with E-state index < -0.39 is 5.54 Å². The molecule has 0 saturated heterocycles. The fourth-order valence-electron chi connectivity index (χ4n) is 5.67. The number of hydrazine groups is 1. The van der Waals surface area contributed by atoms with Gasteiger partial charge >= 0.3 is 0 Å². The van der Waals surface area contributed by atoms with Gasteiger partial charge in [-0.2, -0.15) is 0 Å². The van der Waals surface area contributed by atoms with Crippen molar-refractivity contribution in [2.45, 2.75) is 70.9 Å². The smallest absolute Gasteiger partial charge is 0.256 e. The molecule has 0 atom stereocenters. The van der Waals surface area contributed by atoms with Crippen molar-refractivity contribution in [3.63, 3.8) is 0 Å². The number of benzene rings is 2. The Morgan fingerprint density at radius 2 is 1.82 bits per heavy atom. The quantitative estimate of drug-likeness (QED) is 0.157. The van der Waals surface area contributed by atoms with E-state index in [1.807, 2.05) is 42.2 Å². The molecular weight excluding hydrogens is 486 g/mol. The number of amidine groups is 2. The lowest BCUT2D eigenvalue weighted by atomic mass is 9.94. The molecule has 0 bridgehead atoms. The summed E-state index contributed by atoms with van der Waals surface area (Å²) in [7, 11) is 0. The first kappa shape index (κ1) is 26.6. The van der Waals surface area contributed by atoms with E-state index in [-0.39, 0.29) is 5.91 Å². The number of nitrogens with zero attached hydrogens (tertiary/aromatic N) is 4. The molecule has 1 aliphatic carbocycles. The third kappa shape index (κ3) is 5.43. The highest BCUT2D eigenvalue weighted by Gasteiger charge is 2.49. The number of nitrogens with one attached hydrogen (secondary N) is 1. The number of aromatic nitrogens is 1. The van der Waals surface area contributed by atoms with Gasteiger partial charge in [0.25, 0.3) is 5.91 Å². The first-order valence-corrected chi connectivity index (χ1v) is 13.8. The first-order chi connectivity index (χ1) is 18.9. The van der Waals surface area contributed by atoms with Gasteiger partial charge in [-0.25, -0.2) is 11.4 Å². The summed E-state index contributed by atoms with van der Waals surface area (Å²) in [5.41, 5.74) is 14.6. The van der Waals surface area contributed by atoms with Crippen LogP contribution in [0.2, 0.25) is 0 Å². The van der Waals surface area contributed by atoms with Gasteiger partial charge in [0.2, 0.25) is 0 Å². The van der Waals surface area contributed by atoms with Gasteiger partial charge < -0.3 is 5.73 Å². The monoisotopic (exact) mass is 523 g/mol. The normalized spacial score (nSPS) is 16.7. The summed E-state index contributed by atoms with van der Waals surface area (Å²) >= 11 is 0. The molecule has 1 amide bonds. The van der Waals surface area contributed by atoms with Gasteiger partial charge in [-0.15, -0.1) is 5.10 Å². The van der Waals surface area contributed by atoms with Crippen LogP contribution in [0.15, 0.2) is 70.8 Å². The molecule has 8 heteroatoms. The average molecular weight is 524 g/mol. The van der Waals surface area contributed by atoms with Crippen molar-refractivity contribution in [3.8, 4) is 22.4 Å². The molecule has 5 rings (SSSR count). The van der Waals surface area contributed by atoms with Crippen LogP contribution in [-0.2, 0) is 11.3 Å². The van der Waals surface area contributed by atoms with Crippen LogP contribution in [0.1, 0.15) is 68.7 Å². The lowest BCUT2D eigenvalue weighted by molar-refractivity contribution is -0.131. The zero-order valence-electron chi connectivity index (χ0n) is 22.8. The third-order valence-electron chi connectivity index (χ3n) is 7.75. The van der Waals surface area contributed by atoms with E-state index in [2.05, 4.69) is 52.9 Å². The maximum Gasteiger partial charge on any atom is 0.256 e. The number of hydrazone groups is 1. The minimum absolute atomic E-state index is 0.175. The number of amides is 1. The summed E-state index contributed by atoms with van der Waals surface area (Å²) in [6, 6.07) is 20.3. The molecule has 2 aromatic carbocycles. The van der Waals surface area contributed by atoms with Crippen molar-refractivity contribution in [1.82, 2.24) is 15.4 Å². The number of carbonyl (C=O) groups excluding carboxylic acids is 1. The van der Waals surface area contributed by atoms with E-state index in [1.54, 1.807) is 0 Å². The van der Waals surface area contributed by atoms with E-state index in [0.717, 1.165) is 90.0 Å². The standard InChI is InChI=1S/C31H37N7O/c1-3-4-10-28-35-31(17-5-6-18-31)30(39)38(28)20-22-11-13-23(14-12-22)26-19-24(27-9-7-8-21(2)34-27)15-16-25(26)29(32)36-37-33/h7-9,11-16,19,37H,3-6,10,17-18,20,33H2,1-2H3,(H2,32,36). The highest BCUT2D eigenvalue weighted by molar-refractivity contribution is 6.08. The van der Waals surface area contributed by atoms with Crippen LogP contribution in [0.5, 0.6) is 0 Å². The Labute approximate surface area is 230 Å². The lowest BCUT2D eigenvalue weighted by Crippen LogP contribution is -2.40. The second-order valence-electron chi connectivity index (χ2n) is 10.5. The van der Waals surface area contributed by atoms with Crippen molar-refractivity contribution in [1.29, 1.82) is 0 Å². The largest absolute Gasteiger partial charge is 0.382 e. The van der Waals surface area contributed by atoms with Gasteiger partial charge in [0.05, 0.1) is 12.2 Å². The SMILES string of the molecule is CCCCC1=NC2(CCCC2)C(=O)N1Cc1ccc(-c2cc(-c3cccc(C)n3)ccc2/C(N)=N/NN)cc1. The summed E-state index contributed by atoms with van der Waals surface area (Å²) in [6.07, 6.45) is 6.84. The molecule has 1 aromatic heterocycles. The minimum atomic E-state index is -0.518. The summed E-state index contributed by atoms with van der Waals surface area (Å²) in [5.74, 6) is 6.84. The van der Waals surface area contributed by atoms with Crippen LogP contribution in [0.25, 0.3) is 22.4 Å². The second-order valence-corrected chi connectivity index (χ2v) is 10.5. The summed E-state index contributed by atoms with van der Waals surface area (Å²) in [4.78, 5) is 25.2. The zero-order valence-corrected chi connectivity index (χ0v) is 22.8. The van der Waals surface area contributed by atoms with Crippen molar-refractivity contribution in [2.75, 3.05) is 0 Å². The fourth-order valence-corrected chi connectivity index (χ4v) is 5.67. The Kier molecular flexibility index (Phi) is 7.74. The summed E-state index contributed by atoms with van der Waals surface area (Å²) < 4.78 is 0. The molecule has 1 aliphatic heterocycles. The molecule has 0 unspecified atom stereocenters. The number of rotatable bonds is 9. The molecule has 202 valence electrons. The number of hydrogen-bond acceptors (Lipinski definition) is 6. The molecule has 39 heavy (non-hydrogen) atoms. The molecule has 3 aromatic rings. The first-order valence-electron chi connectivity index (χ1n) is 13.8. The van der Waals surface area contributed by atoms with Crippen molar-refractivity contribution < 1.29 is 4.79 Å². The van der Waals surface area contributed by atoms with Gasteiger partial charge in [0.1, 0.15) is 11.4 Å². The minimum Gasteiger partial charge on any atom is -0.382 e. The number of unbranched alkanes of at least 4 members (excludes halogenated alkanes) is 1. The Bertz CT molecular complexity index is 1400.